The van der Waals surface area contributed by atoms with Crippen molar-refractivity contribution in [3.63, 3.8) is 0 Å². The van der Waals surface area contributed by atoms with Crippen LogP contribution in [0.5, 0.6) is 11.5 Å². The van der Waals surface area contributed by atoms with E-state index in [0.717, 1.165) is 28.2 Å². The van der Waals surface area contributed by atoms with Crippen molar-refractivity contribution in [2.45, 2.75) is 6.61 Å². The van der Waals surface area contributed by atoms with Crippen molar-refractivity contribution in [3.8, 4) is 22.6 Å². The number of rotatable bonds is 6. The number of nitrogen functional groups attached to an aromatic ring is 1. The Morgan fingerprint density at radius 2 is 1.60 bits per heavy atom. The molecule has 3 aromatic rings. The van der Waals surface area contributed by atoms with Crippen LogP contribution in [0, 0.1) is 5.41 Å². The number of hydrogen-bond donors (Lipinski definition) is 2. The number of nitrogens with one attached hydrogen (secondary N) is 1. The lowest BCUT2D eigenvalue weighted by Crippen LogP contribution is -2.12. The molecule has 0 spiro atoms. The van der Waals surface area contributed by atoms with Crippen LogP contribution >= 0.6 is 0 Å². The van der Waals surface area contributed by atoms with Gasteiger partial charge < -0.3 is 15.2 Å². The van der Waals surface area contributed by atoms with Gasteiger partial charge in [0.15, 0.2) is 0 Å². The lowest BCUT2D eigenvalue weighted by molar-refractivity contribution is 0.306. The van der Waals surface area contributed by atoms with Gasteiger partial charge in [-0.15, -0.1) is 0 Å². The second-order valence-electron chi connectivity index (χ2n) is 5.62. The predicted octanol–water partition coefficient (Wildman–Crippen LogP) is 4.23. The number of nitrogens with two attached hydrogens (primary N) is 1. The van der Waals surface area contributed by atoms with Gasteiger partial charge in [0.05, 0.1) is 7.11 Å². The van der Waals surface area contributed by atoms with Gasteiger partial charge in [-0.05, 0) is 47.0 Å². The van der Waals surface area contributed by atoms with Crippen LogP contribution in [0.15, 0.2) is 72.8 Å². The van der Waals surface area contributed by atoms with E-state index in [9.17, 15) is 0 Å². The molecule has 0 saturated carbocycles. The quantitative estimate of drug-likeness (QED) is 0.524. The van der Waals surface area contributed by atoms with E-state index >= 15 is 0 Å². The zero-order chi connectivity index (χ0) is 17.6. The fourth-order valence-electron chi connectivity index (χ4n) is 2.60. The molecule has 0 saturated heterocycles. The van der Waals surface area contributed by atoms with Crippen molar-refractivity contribution in [3.05, 3.63) is 83.9 Å². The van der Waals surface area contributed by atoms with Gasteiger partial charge in [0, 0.05) is 5.56 Å². The van der Waals surface area contributed by atoms with Crippen LogP contribution in [-0.4, -0.2) is 12.9 Å². The Kier molecular flexibility index (Phi) is 5.00. The van der Waals surface area contributed by atoms with Crippen molar-refractivity contribution in [1.29, 1.82) is 5.41 Å². The molecule has 3 rings (SSSR count). The summed E-state index contributed by atoms with van der Waals surface area (Å²) in [7, 11) is 1.62. The molecule has 4 nitrogen and oxygen atoms in total. The summed E-state index contributed by atoms with van der Waals surface area (Å²) in [5.41, 5.74) is 9.32. The minimum Gasteiger partial charge on any atom is -0.497 e. The first kappa shape index (κ1) is 16.6. The summed E-state index contributed by atoms with van der Waals surface area (Å²) < 4.78 is 11.1. The number of benzene rings is 3. The molecule has 0 amide bonds. The molecule has 0 bridgehead atoms. The van der Waals surface area contributed by atoms with E-state index in [1.165, 1.54) is 0 Å². The lowest BCUT2D eigenvalue weighted by atomic mass is 9.98. The summed E-state index contributed by atoms with van der Waals surface area (Å²) in [6.07, 6.45) is 0. The zero-order valence-electron chi connectivity index (χ0n) is 14.0. The summed E-state index contributed by atoms with van der Waals surface area (Å²) in [6, 6.07) is 23.3. The van der Waals surface area contributed by atoms with Crippen LogP contribution in [-0.2, 0) is 6.61 Å². The molecule has 0 aliphatic rings. The van der Waals surface area contributed by atoms with Crippen LogP contribution in [0.1, 0.15) is 11.1 Å². The molecule has 3 aromatic carbocycles. The SMILES string of the molecule is COc1ccc(C(=N)N)c(-c2ccc(OCc3ccccc3)cc2)c1. The minimum absolute atomic E-state index is 0.0297. The van der Waals surface area contributed by atoms with Crippen LogP contribution in [0.25, 0.3) is 11.1 Å². The molecule has 0 unspecified atom stereocenters. The van der Waals surface area contributed by atoms with Gasteiger partial charge in [-0.3, -0.25) is 5.41 Å². The first-order valence-electron chi connectivity index (χ1n) is 7.97. The third-order valence-corrected chi connectivity index (χ3v) is 3.93. The Bertz CT molecular complexity index is 859. The number of hydrogen-bond acceptors (Lipinski definition) is 3. The molecule has 0 fully saturated rings. The Labute approximate surface area is 147 Å². The molecule has 0 aliphatic carbocycles. The van der Waals surface area contributed by atoms with Crippen LogP contribution in [0.4, 0.5) is 0 Å². The maximum atomic E-state index is 7.77. The van der Waals surface area contributed by atoms with E-state index in [4.69, 9.17) is 20.6 Å². The molecule has 3 N–H and O–H groups in total. The maximum Gasteiger partial charge on any atom is 0.123 e. The Balaban J connectivity index is 1.81. The van der Waals surface area contributed by atoms with E-state index in [1.807, 2.05) is 60.7 Å². The first-order valence-corrected chi connectivity index (χ1v) is 7.97. The molecule has 4 heteroatoms. The third kappa shape index (κ3) is 3.98. The lowest BCUT2D eigenvalue weighted by Gasteiger charge is -2.12. The van der Waals surface area contributed by atoms with E-state index in [0.29, 0.717) is 12.2 Å². The van der Waals surface area contributed by atoms with E-state index < -0.39 is 0 Å². The third-order valence-electron chi connectivity index (χ3n) is 3.93. The average Bonchev–Trinajstić information content (AvgIpc) is 2.67. The van der Waals surface area contributed by atoms with Gasteiger partial charge in [0.1, 0.15) is 23.9 Å². The molecular formula is C21H20N2O2. The highest BCUT2D eigenvalue weighted by Crippen LogP contribution is 2.29. The van der Waals surface area contributed by atoms with Crippen molar-refractivity contribution in [2.75, 3.05) is 7.11 Å². The summed E-state index contributed by atoms with van der Waals surface area (Å²) in [5.74, 6) is 1.55. The predicted molar refractivity (Wildman–Crippen MR) is 100 cm³/mol. The molecule has 0 aliphatic heterocycles. The van der Waals surface area contributed by atoms with Gasteiger partial charge in [-0.1, -0.05) is 42.5 Å². The Hall–Kier alpha value is -3.27. The Morgan fingerprint density at radius 1 is 0.920 bits per heavy atom. The second kappa shape index (κ2) is 7.53. The molecule has 0 atom stereocenters. The smallest absolute Gasteiger partial charge is 0.123 e. The zero-order valence-corrected chi connectivity index (χ0v) is 14.0. The summed E-state index contributed by atoms with van der Waals surface area (Å²) in [5, 5.41) is 7.77. The molecule has 25 heavy (non-hydrogen) atoms. The van der Waals surface area contributed by atoms with Crippen molar-refractivity contribution < 1.29 is 9.47 Å². The maximum absolute atomic E-state index is 7.77. The monoisotopic (exact) mass is 332 g/mol. The highest BCUT2D eigenvalue weighted by Gasteiger charge is 2.09. The molecule has 0 radical (unpaired) electrons. The normalized spacial score (nSPS) is 10.3. The fraction of sp³-hybridized carbons (Fsp3) is 0.0952. The molecule has 0 heterocycles. The second-order valence-corrected chi connectivity index (χ2v) is 5.62. The van der Waals surface area contributed by atoms with Gasteiger partial charge in [-0.25, -0.2) is 0 Å². The van der Waals surface area contributed by atoms with Crippen LogP contribution in [0.2, 0.25) is 0 Å². The van der Waals surface area contributed by atoms with Gasteiger partial charge in [0.25, 0.3) is 0 Å². The van der Waals surface area contributed by atoms with E-state index in [1.54, 1.807) is 19.2 Å². The highest BCUT2D eigenvalue weighted by molar-refractivity contribution is 6.01. The Morgan fingerprint density at radius 3 is 2.24 bits per heavy atom. The molecule has 0 aromatic heterocycles. The van der Waals surface area contributed by atoms with Gasteiger partial charge >= 0.3 is 0 Å². The fourth-order valence-corrected chi connectivity index (χ4v) is 2.60. The van der Waals surface area contributed by atoms with Gasteiger partial charge in [-0.2, -0.15) is 0 Å². The summed E-state index contributed by atoms with van der Waals surface area (Å²) in [6.45, 7) is 0.526. The van der Waals surface area contributed by atoms with Gasteiger partial charge in [0.2, 0.25) is 0 Å². The standard InChI is InChI=1S/C21H20N2O2/c1-24-18-11-12-19(21(22)23)20(13-18)16-7-9-17(10-8-16)25-14-15-5-3-2-4-6-15/h2-13H,14H2,1H3,(H3,22,23). The largest absolute Gasteiger partial charge is 0.497 e. The highest BCUT2D eigenvalue weighted by atomic mass is 16.5. The van der Waals surface area contributed by atoms with Crippen molar-refractivity contribution >= 4 is 5.84 Å². The van der Waals surface area contributed by atoms with Crippen LogP contribution < -0.4 is 15.2 Å². The average molecular weight is 332 g/mol. The number of amidine groups is 1. The number of ether oxygens (including phenoxy) is 2. The van der Waals surface area contributed by atoms with Crippen molar-refractivity contribution in [2.24, 2.45) is 5.73 Å². The molecule has 126 valence electrons. The van der Waals surface area contributed by atoms with Crippen LogP contribution in [0.3, 0.4) is 0 Å². The molecular weight excluding hydrogens is 312 g/mol. The van der Waals surface area contributed by atoms with Crippen molar-refractivity contribution in [1.82, 2.24) is 0 Å². The summed E-state index contributed by atoms with van der Waals surface area (Å²) in [4.78, 5) is 0. The number of methoxy groups -OCH3 is 1. The van der Waals surface area contributed by atoms with E-state index in [2.05, 4.69) is 0 Å². The van der Waals surface area contributed by atoms with E-state index in [-0.39, 0.29) is 5.84 Å². The topological polar surface area (TPSA) is 68.3 Å². The first-order chi connectivity index (χ1) is 12.2. The summed E-state index contributed by atoms with van der Waals surface area (Å²) >= 11 is 0. The minimum atomic E-state index is 0.0297.